The van der Waals surface area contributed by atoms with Gasteiger partial charge in [0.2, 0.25) is 0 Å². The van der Waals surface area contributed by atoms with Gasteiger partial charge < -0.3 is 19.5 Å². The highest BCUT2D eigenvalue weighted by Gasteiger charge is 2.13. The molecular weight excluding hydrogens is 306 g/mol. The second-order valence-corrected chi connectivity index (χ2v) is 5.51. The molecule has 5 heteroatoms. The Kier molecular flexibility index (Phi) is 6.07. The smallest absolute Gasteiger partial charge is 0.258 e. The molecule has 24 heavy (non-hydrogen) atoms. The van der Waals surface area contributed by atoms with E-state index in [2.05, 4.69) is 5.32 Å². The lowest BCUT2D eigenvalue weighted by Gasteiger charge is -2.17. The molecule has 0 aliphatic heterocycles. The first-order valence-corrected chi connectivity index (χ1v) is 7.74. The van der Waals surface area contributed by atoms with Crippen LogP contribution >= 0.6 is 0 Å². The molecule has 1 amide bonds. The zero-order valence-corrected chi connectivity index (χ0v) is 14.5. The number of carbonyl (C=O) groups is 1. The molecule has 0 aliphatic rings. The monoisotopic (exact) mass is 329 g/mol. The van der Waals surface area contributed by atoms with Crippen LogP contribution in [-0.4, -0.2) is 26.7 Å². The zero-order chi connectivity index (χ0) is 17.5. The summed E-state index contributed by atoms with van der Waals surface area (Å²) >= 11 is 0. The highest BCUT2D eigenvalue weighted by atomic mass is 16.5. The van der Waals surface area contributed by atoms with Gasteiger partial charge in [0.1, 0.15) is 5.75 Å². The number of methoxy groups -OCH3 is 2. The highest BCUT2D eigenvalue weighted by molar-refractivity contribution is 5.78. The summed E-state index contributed by atoms with van der Waals surface area (Å²) in [6.45, 7) is 3.86. The molecule has 0 radical (unpaired) electrons. The van der Waals surface area contributed by atoms with Crippen LogP contribution in [0.1, 0.15) is 24.1 Å². The first kappa shape index (κ1) is 17.7. The molecule has 0 saturated heterocycles. The number of hydrogen-bond donors (Lipinski definition) is 1. The van der Waals surface area contributed by atoms with E-state index in [1.807, 2.05) is 56.3 Å². The van der Waals surface area contributed by atoms with Gasteiger partial charge in [-0.25, -0.2) is 0 Å². The van der Waals surface area contributed by atoms with Crippen molar-refractivity contribution >= 4 is 5.91 Å². The molecule has 0 aliphatic carbocycles. The summed E-state index contributed by atoms with van der Waals surface area (Å²) in [6, 6.07) is 13.0. The number of nitrogens with one attached hydrogen (secondary N) is 1. The van der Waals surface area contributed by atoms with E-state index in [0.29, 0.717) is 17.2 Å². The molecule has 2 rings (SSSR count). The Balaban J connectivity index is 1.93. The van der Waals surface area contributed by atoms with Gasteiger partial charge in [-0.3, -0.25) is 4.79 Å². The Hall–Kier alpha value is -2.69. The van der Waals surface area contributed by atoms with E-state index >= 15 is 0 Å². The van der Waals surface area contributed by atoms with E-state index in [-0.39, 0.29) is 18.6 Å². The fraction of sp³-hybridized carbons (Fsp3) is 0.316. The van der Waals surface area contributed by atoms with Crippen LogP contribution in [0, 0.1) is 6.92 Å². The van der Waals surface area contributed by atoms with E-state index in [4.69, 9.17) is 14.2 Å². The fourth-order valence-electron chi connectivity index (χ4n) is 2.34. The Bertz CT molecular complexity index is 700. The van der Waals surface area contributed by atoms with Gasteiger partial charge in [-0.2, -0.15) is 0 Å². The minimum Gasteiger partial charge on any atom is -0.493 e. The number of rotatable bonds is 7. The summed E-state index contributed by atoms with van der Waals surface area (Å²) in [5, 5.41) is 2.91. The van der Waals surface area contributed by atoms with Crippen LogP contribution in [0.4, 0.5) is 0 Å². The van der Waals surface area contributed by atoms with Crippen LogP contribution in [0.3, 0.4) is 0 Å². The van der Waals surface area contributed by atoms with Crippen molar-refractivity contribution in [3.8, 4) is 17.2 Å². The average molecular weight is 329 g/mol. The Morgan fingerprint density at radius 2 is 1.83 bits per heavy atom. The third kappa shape index (κ3) is 4.65. The maximum Gasteiger partial charge on any atom is 0.258 e. The maximum atomic E-state index is 12.1. The molecule has 2 aromatic rings. The topological polar surface area (TPSA) is 56.8 Å². The molecule has 128 valence electrons. The highest BCUT2D eigenvalue weighted by Crippen LogP contribution is 2.29. The van der Waals surface area contributed by atoms with Crippen molar-refractivity contribution in [1.82, 2.24) is 5.32 Å². The normalized spacial score (nSPS) is 11.5. The van der Waals surface area contributed by atoms with E-state index in [9.17, 15) is 4.79 Å². The standard InChI is InChI=1S/C19H23NO4/c1-13-6-5-7-16(10-13)24-12-19(21)20-14(2)15-8-9-17(22-3)18(11-15)23-4/h5-11,14H,12H2,1-4H3,(H,20,21). The Labute approximate surface area is 142 Å². The van der Waals surface area contributed by atoms with Crippen molar-refractivity contribution in [3.05, 3.63) is 53.6 Å². The molecule has 1 atom stereocenters. The van der Waals surface area contributed by atoms with Crippen molar-refractivity contribution in [2.24, 2.45) is 0 Å². The summed E-state index contributed by atoms with van der Waals surface area (Å²) < 4.78 is 16.0. The summed E-state index contributed by atoms with van der Waals surface area (Å²) in [6.07, 6.45) is 0. The van der Waals surface area contributed by atoms with E-state index in [0.717, 1.165) is 11.1 Å². The second-order valence-electron chi connectivity index (χ2n) is 5.51. The fourth-order valence-corrected chi connectivity index (χ4v) is 2.34. The summed E-state index contributed by atoms with van der Waals surface area (Å²) in [5.41, 5.74) is 2.02. The van der Waals surface area contributed by atoms with Gasteiger partial charge in [0.25, 0.3) is 5.91 Å². The van der Waals surface area contributed by atoms with Crippen LogP contribution in [0.2, 0.25) is 0 Å². The van der Waals surface area contributed by atoms with Crippen molar-refractivity contribution in [2.75, 3.05) is 20.8 Å². The number of carbonyl (C=O) groups excluding carboxylic acids is 1. The predicted octanol–water partition coefficient (Wildman–Crippen LogP) is 3.27. The van der Waals surface area contributed by atoms with Crippen molar-refractivity contribution in [1.29, 1.82) is 0 Å². The molecule has 1 N–H and O–H groups in total. The SMILES string of the molecule is COc1ccc(C(C)NC(=O)COc2cccc(C)c2)cc1OC. The summed E-state index contributed by atoms with van der Waals surface area (Å²) in [5.74, 6) is 1.79. The minimum atomic E-state index is -0.182. The van der Waals surface area contributed by atoms with Crippen LogP contribution in [0.5, 0.6) is 17.2 Å². The van der Waals surface area contributed by atoms with Crippen molar-refractivity contribution in [2.45, 2.75) is 19.9 Å². The lowest BCUT2D eigenvalue weighted by atomic mass is 10.1. The van der Waals surface area contributed by atoms with E-state index in [1.165, 1.54) is 0 Å². The Morgan fingerprint density at radius 3 is 2.50 bits per heavy atom. The first-order chi connectivity index (χ1) is 11.5. The van der Waals surface area contributed by atoms with Crippen LogP contribution in [-0.2, 0) is 4.79 Å². The van der Waals surface area contributed by atoms with Gasteiger partial charge in [-0.1, -0.05) is 18.2 Å². The van der Waals surface area contributed by atoms with Gasteiger partial charge >= 0.3 is 0 Å². The lowest BCUT2D eigenvalue weighted by Crippen LogP contribution is -2.31. The molecule has 0 bridgehead atoms. The van der Waals surface area contributed by atoms with Gasteiger partial charge in [-0.05, 0) is 49.2 Å². The molecule has 5 nitrogen and oxygen atoms in total. The largest absolute Gasteiger partial charge is 0.493 e. The molecule has 2 aromatic carbocycles. The van der Waals surface area contributed by atoms with E-state index in [1.54, 1.807) is 14.2 Å². The van der Waals surface area contributed by atoms with Gasteiger partial charge in [0.15, 0.2) is 18.1 Å². The molecule has 0 spiro atoms. The average Bonchev–Trinajstić information content (AvgIpc) is 2.59. The molecular formula is C19H23NO4. The zero-order valence-electron chi connectivity index (χ0n) is 14.5. The molecule has 0 heterocycles. The van der Waals surface area contributed by atoms with E-state index < -0.39 is 0 Å². The maximum absolute atomic E-state index is 12.1. The van der Waals surface area contributed by atoms with Gasteiger partial charge in [0, 0.05) is 0 Å². The number of ether oxygens (including phenoxy) is 3. The van der Waals surface area contributed by atoms with Crippen molar-refractivity contribution < 1.29 is 19.0 Å². The first-order valence-electron chi connectivity index (χ1n) is 7.74. The molecule has 0 aromatic heterocycles. The second kappa shape index (κ2) is 8.24. The lowest BCUT2D eigenvalue weighted by molar-refractivity contribution is -0.123. The predicted molar refractivity (Wildman–Crippen MR) is 92.8 cm³/mol. The van der Waals surface area contributed by atoms with Crippen LogP contribution in [0.15, 0.2) is 42.5 Å². The molecule has 0 fully saturated rings. The third-order valence-electron chi connectivity index (χ3n) is 3.64. The summed E-state index contributed by atoms with van der Waals surface area (Å²) in [7, 11) is 3.17. The third-order valence-corrected chi connectivity index (χ3v) is 3.64. The molecule has 0 saturated carbocycles. The quantitative estimate of drug-likeness (QED) is 0.847. The van der Waals surface area contributed by atoms with Gasteiger partial charge in [-0.15, -0.1) is 0 Å². The number of hydrogen-bond acceptors (Lipinski definition) is 4. The summed E-state index contributed by atoms with van der Waals surface area (Å²) in [4.78, 5) is 12.1. The number of benzene rings is 2. The minimum absolute atomic E-state index is 0.0267. The van der Waals surface area contributed by atoms with Crippen molar-refractivity contribution in [3.63, 3.8) is 0 Å². The number of aryl methyl sites for hydroxylation is 1. The molecule has 1 unspecified atom stereocenters. The van der Waals surface area contributed by atoms with Gasteiger partial charge in [0.05, 0.1) is 20.3 Å². The van der Waals surface area contributed by atoms with Crippen LogP contribution < -0.4 is 19.5 Å². The number of amides is 1. The Morgan fingerprint density at radius 1 is 1.08 bits per heavy atom. The van der Waals surface area contributed by atoms with Crippen LogP contribution in [0.25, 0.3) is 0 Å².